The zero-order chi connectivity index (χ0) is 14.8. The average Bonchev–Trinajstić information content (AvgIpc) is 2.27. The van der Waals surface area contributed by atoms with E-state index in [-0.39, 0.29) is 16.1 Å². The number of nitrogens with zero attached hydrogens (tertiary/aromatic N) is 1. The van der Waals surface area contributed by atoms with Crippen LogP contribution in [0, 0.1) is 0 Å². The van der Waals surface area contributed by atoms with Gasteiger partial charge in [0, 0.05) is 12.6 Å². The van der Waals surface area contributed by atoms with Crippen LogP contribution in [-0.2, 0) is 14.8 Å². The van der Waals surface area contributed by atoms with Crippen LogP contribution in [0.25, 0.3) is 0 Å². The highest BCUT2D eigenvalue weighted by molar-refractivity contribution is 7.89. The maximum Gasteiger partial charge on any atom is 0.248 e. The van der Waals surface area contributed by atoms with Gasteiger partial charge in [0.2, 0.25) is 21.8 Å². The van der Waals surface area contributed by atoms with E-state index in [9.17, 15) is 18.0 Å². The number of amides is 2. The summed E-state index contributed by atoms with van der Waals surface area (Å²) in [5.74, 6) is -1.51. The standard InChI is InChI=1S/C10H14N4O4S/c1-14(5-9(12)15)19(17,18)8-3-2-6(10(13)16)4-7(8)11/h2-4H,5,11H2,1H3,(H2,12,15)(H2,13,16). The third-order valence-electron chi connectivity index (χ3n) is 2.36. The number of hydrogen-bond acceptors (Lipinski definition) is 5. The van der Waals surface area contributed by atoms with E-state index in [1.54, 1.807) is 0 Å². The maximum absolute atomic E-state index is 12.1. The van der Waals surface area contributed by atoms with E-state index >= 15 is 0 Å². The largest absolute Gasteiger partial charge is 0.398 e. The lowest BCUT2D eigenvalue weighted by Gasteiger charge is -2.16. The smallest absolute Gasteiger partial charge is 0.248 e. The Labute approximate surface area is 110 Å². The van der Waals surface area contributed by atoms with Crippen molar-refractivity contribution in [2.75, 3.05) is 19.3 Å². The molecule has 2 amide bonds. The molecule has 0 unspecified atom stereocenters. The fraction of sp³-hybridized carbons (Fsp3) is 0.200. The summed E-state index contributed by atoms with van der Waals surface area (Å²) >= 11 is 0. The van der Waals surface area contributed by atoms with Crippen molar-refractivity contribution in [3.05, 3.63) is 23.8 Å². The number of likely N-dealkylation sites (N-methyl/N-ethyl adjacent to an activating group) is 1. The second-order valence-electron chi connectivity index (χ2n) is 3.84. The molecule has 0 saturated heterocycles. The molecule has 0 saturated carbocycles. The molecule has 19 heavy (non-hydrogen) atoms. The van der Waals surface area contributed by atoms with E-state index in [4.69, 9.17) is 17.2 Å². The van der Waals surface area contributed by atoms with Crippen LogP contribution < -0.4 is 17.2 Å². The fourth-order valence-corrected chi connectivity index (χ4v) is 2.64. The van der Waals surface area contributed by atoms with E-state index in [0.29, 0.717) is 0 Å². The first-order chi connectivity index (χ1) is 8.66. The number of carbonyl (C=O) groups is 2. The van der Waals surface area contributed by atoms with Gasteiger partial charge in [-0.25, -0.2) is 8.42 Å². The predicted octanol–water partition coefficient (Wildman–Crippen LogP) is -1.53. The topological polar surface area (TPSA) is 150 Å². The lowest BCUT2D eigenvalue weighted by Crippen LogP contribution is -2.35. The van der Waals surface area contributed by atoms with Crippen LogP contribution in [0.4, 0.5) is 5.69 Å². The zero-order valence-corrected chi connectivity index (χ0v) is 11.0. The molecule has 8 nitrogen and oxygen atoms in total. The fourth-order valence-electron chi connectivity index (χ4n) is 1.41. The summed E-state index contributed by atoms with van der Waals surface area (Å²) in [7, 11) is -2.76. The van der Waals surface area contributed by atoms with E-state index in [1.165, 1.54) is 13.1 Å². The van der Waals surface area contributed by atoms with Crippen molar-refractivity contribution in [2.24, 2.45) is 11.5 Å². The van der Waals surface area contributed by atoms with Gasteiger partial charge in [0.25, 0.3) is 0 Å². The Morgan fingerprint density at radius 3 is 2.26 bits per heavy atom. The molecule has 1 aromatic rings. The van der Waals surface area contributed by atoms with Crippen molar-refractivity contribution in [1.29, 1.82) is 0 Å². The van der Waals surface area contributed by atoms with E-state index < -0.39 is 28.4 Å². The van der Waals surface area contributed by atoms with Crippen molar-refractivity contribution in [2.45, 2.75) is 4.90 Å². The minimum Gasteiger partial charge on any atom is -0.398 e. The van der Waals surface area contributed by atoms with Gasteiger partial charge in [0.15, 0.2) is 0 Å². The molecule has 6 N–H and O–H groups in total. The van der Waals surface area contributed by atoms with Crippen LogP contribution in [0.2, 0.25) is 0 Å². The summed E-state index contributed by atoms with van der Waals surface area (Å²) in [5.41, 5.74) is 15.5. The van der Waals surface area contributed by atoms with E-state index in [1.807, 2.05) is 0 Å². The number of nitrogens with two attached hydrogens (primary N) is 3. The van der Waals surface area contributed by atoms with Gasteiger partial charge in [-0.05, 0) is 18.2 Å². The van der Waals surface area contributed by atoms with Crippen LogP contribution in [-0.4, -0.2) is 38.1 Å². The summed E-state index contributed by atoms with van der Waals surface area (Å²) in [5, 5.41) is 0. The number of sulfonamides is 1. The van der Waals surface area contributed by atoms with Crippen molar-refractivity contribution in [1.82, 2.24) is 4.31 Å². The third-order valence-corrected chi connectivity index (χ3v) is 4.24. The molecule has 0 spiro atoms. The van der Waals surface area contributed by atoms with Gasteiger partial charge in [0.1, 0.15) is 4.90 Å². The second kappa shape index (κ2) is 5.24. The molecule has 104 valence electrons. The predicted molar refractivity (Wildman–Crippen MR) is 68.4 cm³/mol. The zero-order valence-electron chi connectivity index (χ0n) is 10.2. The molecule has 1 aromatic carbocycles. The van der Waals surface area contributed by atoms with E-state index in [0.717, 1.165) is 16.4 Å². The number of benzene rings is 1. The minimum absolute atomic E-state index is 0.0917. The van der Waals surface area contributed by atoms with Crippen LogP contribution in [0.1, 0.15) is 10.4 Å². The maximum atomic E-state index is 12.1. The molecular weight excluding hydrogens is 272 g/mol. The Kier molecular flexibility index (Phi) is 4.12. The van der Waals surface area contributed by atoms with Gasteiger partial charge in [-0.1, -0.05) is 0 Å². The third kappa shape index (κ3) is 3.20. The Morgan fingerprint density at radius 2 is 1.84 bits per heavy atom. The molecule has 0 radical (unpaired) electrons. The first kappa shape index (κ1) is 14.9. The van der Waals surface area contributed by atoms with Crippen LogP contribution in [0.15, 0.2) is 23.1 Å². The second-order valence-corrected chi connectivity index (χ2v) is 5.86. The summed E-state index contributed by atoms with van der Waals surface area (Å²) in [6.45, 7) is -0.473. The number of nitrogen functional groups attached to an aromatic ring is 1. The van der Waals surface area contributed by atoms with Crippen LogP contribution in [0.5, 0.6) is 0 Å². The summed E-state index contributed by atoms with van der Waals surface area (Å²) in [6, 6.07) is 3.55. The molecular formula is C10H14N4O4S. The normalized spacial score (nSPS) is 11.5. The van der Waals surface area contributed by atoms with Gasteiger partial charge in [0.05, 0.1) is 12.2 Å². The summed E-state index contributed by atoms with van der Waals surface area (Å²) in [4.78, 5) is 21.5. The Morgan fingerprint density at radius 1 is 1.26 bits per heavy atom. The highest BCUT2D eigenvalue weighted by atomic mass is 32.2. The van der Waals surface area contributed by atoms with Crippen molar-refractivity contribution in [3.8, 4) is 0 Å². The molecule has 9 heteroatoms. The molecule has 1 rings (SSSR count). The average molecular weight is 286 g/mol. The molecule has 0 aliphatic carbocycles. The SMILES string of the molecule is CN(CC(N)=O)S(=O)(=O)c1ccc(C(N)=O)cc1N. The highest BCUT2D eigenvalue weighted by Crippen LogP contribution is 2.22. The number of hydrogen-bond donors (Lipinski definition) is 3. The van der Waals surface area contributed by atoms with Crippen molar-refractivity contribution >= 4 is 27.5 Å². The minimum atomic E-state index is -3.95. The molecule has 0 fully saturated rings. The number of carbonyl (C=O) groups excluding carboxylic acids is 2. The quantitative estimate of drug-likeness (QED) is 0.561. The summed E-state index contributed by atoms with van der Waals surface area (Å²) in [6.07, 6.45) is 0. The number of primary amides is 2. The molecule has 0 heterocycles. The van der Waals surface area contributed by atoms with Crippen molar-refractivity contribution in [3.63, 3.8) is 0 Å². The van der Waals surface area contributed by atoms with Gasteiger partial charge < -0.3 is 17.2 Å². The molecule has 0 bridgehead atoms. The monoisotopic (exact) mass is 286 g/mol. The number of rotatable bonds is 5. The lowest BCUT2D eigenvalue weighted by atomic mass is 10.2. The van der Waals surface area contributed by atoms with Gasteiger partial charge in [-0.15, -0.1) is 0 Å². The first-order valence-corrected chi connectivity index (χ1v) is 6.54. The Hall–Kier alpha value is -2.13. The van der Waals surface area contributed by atoms with E-state index in [2.05, 4.69) is 0 Å². The Bertz CT molecular complexity index is 626. The molecule has 0 aliphatic rings. The molecule has 0 atom stereocenters. The summed E-state index contributed by atoms with van der Waals surface area (Å²) < 4.78 is 25.0. The van der Waals surface area contributed by atoms with Gasteiger partial charge >= 0.3 is 0 Å². The number of anilines is 1. The first-order valence-electron chi connectivity index (χ1n) is 5.10. The van der Waals surface area contributed by atoms with Crippen molar-refractivity contribution < 1.29 is 18.0 Å². The van der Waals surface area contributed by atoms with Crippen LogP contribution in [0.3, 0.4) is 0 Å². The lowest BCUT2D eigenvalue weighted by molar-refractivity contribution is -0.118. The highest BCUT2D eigenvalue weighted by Gasteiger charge is 2.24. The molecule has 0 aliphatic heterocycles. The Balaban J connectivity index is 3.22. The molecule has 0 aromatic heterocycles. The van der Waals surface area contributed by atoms with Crippen LogP contribution >= 0.6 is 0 Å². The van der Waals surface area contributed by atoms with Gasteiger partial charge in [-0.3, -0.25) is 9.59 Å². The van der Waals surface area contributed by atoms with Gasteiger partial charge in [-0.2, -0.15) is 4.31 Å².